The Balaban J connectivity index is 1.07. The van der Waals surface area contributed by atoms with Crippen molar-refractivity contribution in [1.82, 2.24) is 41.1 Å². The van der Waals surface area contributed by atoms with Gasteiger partial charge in [-0.05, 0) is 70.0 Å². The maximum Gasteiger partial charge on any atom is 0.328 e. The third kappa shape index (κ3) is 20.7. The Morgan fingerprint density at radius 3 is 1.92 bits per heavy atom. The van der Waals surface area contributed by atoms with Gasteiger partial charge in [0.1, 0.15) is 73.5 Å². The van der Waals surface area contributed by atoms with E-state index in [0.717, 1.165) is 46.6 Å². The Labute approximate surface area is 499 Å². The van der Waals surface area contributed by atoms with E-state index in [2.05, 4.69) is 57.9 Å². The molecule has 470 valence electrons. The van der Waals surface area contributed by atoms with Gasteiger partial charge < -0.3 is 90.4 Å². The molecular weight excluding hydrogens is 1140 g/mol. The molecule has 1 saturated heterocycles. The number of aliphatic hydroxyl groups excluding tert-OH is 1. The molecule has 0 spiro atoms. The predicted octanol–water partition coefficient (Wildman–Crippen LogP) is -0.275. The van der Waals surface area contributed by atoms with Gasteiger partial charge in [0.25, 0.3) is 23.6 Å². The number of nitrogens with zero attached hydrogens (tertiary/aromatic N) is 3. The number of hydrogen-bond donors (Lipinski definition) is 8. The van der Waals surface area contributed by atoms with E-state index in [4.69, 9.17) is 44.6 Å². The Bertz CT molecular complexity index is 3120. The van der Waals surface area contributed by atoms with E-state index in [9.17, 15) is 53.1 Å². The van der Waals surface area contributed by atoms with Crippen molar-refractivity contribution >= 4 is 76.2 Å². The summed E-state index contributed by atoms with van der Waals surface area (Å²) in [6.45, 7) is 4.05. The number of esters is 5. The molecule has 1 aliphatic heterocycles. The lowest BCUT2D eigenvalue weighted by Gasteiger charge is -2.22. The van der Waals surface area contributed by atoms with E-state index < -0.39 is 102 Å². The molecule has 30 nitrogen and oxygen atoms in total. The lowest BCUT2D eigenvalue weighted by atomic mass is 9.97. The van der Waals surface area contributed by atoms with Crippen LogP contribution in [0.3, 0.4) is 0 Å². The van der Waals surface area contributed by atoms with Crippen molar-refractivity contribution in [3.63, 3.8) is 0 Å². The molecule has 30 heteroatoms. The van der Waals surface area contributed by atoms with E-state index in [0.29, 0.717) is 16.6 Å². The lowest BCUT2D eigenvalue weighted by molar-refractivity contribution is -0.162. The summed E-state index contributed by atoms with van der Waals surface area (Å²) in [5, 5.41) is 23.2. The second-order valence-electron chi connectivity index (χ2n) is 20.2. The number of carbonyl (C=O) groups is 10. The van der Waals surface area contributed by atoms with Gasteiger partial charge >= 0.3 is 29.8 Å². The molecule has 1 fully saturated rings. The third-order valence-corrected chi connectivity index (χ3v) is 12.8. The molecule has 0 aliphatic carbocycles. The van der Waals surface area contributed by atoms with Crippen molar-refractivity contribution in [1.29, 1.82) is 0 Å². The molecule has 4 aromatic rings. The molecule has 2 aromatic heterocycles. The van der Waals surface area contributed by atoms with Crippen LogP contribution < -0.4 is 42.8 Å². The summed E-state index contributed by atoms with van der Waals surface area (Å²) in [4.78, 5) is 136. The SMILES string of the molecule is COC(=O)CC[C@H](NC(=O)c1cc(C(=O)NCCNC(=O)c2cccc(OCC(N)OCCOCC(=O)NCC#Cc3cn([C@H]4C[C@H](OC(=O)C(C)(C)C)[C@@H](CO)O4)c4ncnc(N)c34)c2)cc(C(=O)N[C@@H](CCC(=O)OC)C(=O)OC)c1)C(=O)OC. The normalized spacial score (nSPS) is 15.4. The molecule has 0 bridgehead atoms. The molecule has 5 amide bonds. The molecular formula is C57H72N10O20. The van der Waals surface area contributed by atoms with Gasteiger partial charge in [0, 0.05) is 60.8 Å². The summed E-state index contributed by atoms with van der Waals surface area (Å²) in [6, 6.07) is 6.73. The molecule has 1 unspecified atom stereocenters. The summed E-state index contributed by atoms with van der Waals surface area (Å²) in [7, 11) is 4.42. The van der Waals surface area contributed by atoms with Gasteiger partial charge in [-0.25, -0.2) is 19.6 Å². The number of benzene rings is 2. The number of anilines is 1. The maximum atomic E-state index is 13.6. The minimum Gasteiger partial charge on any atom is -0.489 e. The zero-order chi connectivity index (χ0) is 63.8. The molecule has 0 radical (unpaired) electrons. The highest BCUT2D eigenvalue weighted by molar-refractivity contribution is 6.06. The molecule has 0 saturated carbocycles. The van der Waals surface area contributed by atoms with Crippen LogP contribution in [-0.2, 0) is 66.7 Å². The summed E-state index contributed by atoms with van der Waals surface area (Å²) in [5.41, 5.74) is 11.8. The first kappa shape index (κ1) is 68.5. The van der Waals surface area contributed by atoms with Crippen molar-refractivity contribution in [2.24, 2.45) is 11.1 Å². The van der Waals surface area contributed by atoms with Gasteiger partial charge in [-0.3, -0.25) is 38.4 Å². The number of aliphatic hydroxyl groups is 1. The number of ether oxygens (including phenoxy) is 9. The van der Waals surface area contributed by atoms with E-state index in [1.54, 1.807) is 43.7 Å². The van der Waals surface area contributed by atoms with Crippen molar-refractivity contribution in [3.05, 3.63) is 82.8 Å². The number of fused-ring (bicyclic) bond motifs is 1. The fourth-order valence-corrected chi connectivity index (χ4v) is 8.18. The van der Waals surface area contributed by atoms with Crippen molar-refractivity contribution in [2.45, 2.75) is 89.6 Å². The molecule has 10 N–H and O–H groups in total. The van der Waals surface area contributed by atoms with E-state index in [-0.39, 0.29) is 119 Å². The molecule has 2 aromatic carbocycles. The van der Waals surface area contributed by atoms with Crippen LogP contribution in [0.25, 0.3) is 11.0 Å². The number of carbonyl (C=O) groups excluding carboxylic acids is 10. The molecule has 87 heavy (non-hydrogen) atoms. The molecule has 3 heterocycles. The fraction of sp³-hybridized carbons (Fsp3) is 0.474. The number of amides is 5. The first-order valence-electron chi connectivity index (χ1n) is 27.1. The van der Waals surface area contributed by atoms with Gasteiger partial charge in [-0.15, -0.1) is 0 Å². The molecule has 5 rings (SSSR count). The number of methoxy groups -OCH3 is 4. The summed E-state index contributed by atoms with van der Waals surface area (Å²) in [5.74, 6) is -1.00. The van der Waals surface area contributed by atoms with Crippen LogP contribution in [0.1, 0.15) is 106 Å². The first-order chi connectivity index (χ1) is 41.5. The second kappa shape index (κ2) is 33.4. The number of hydrogen-bond acceptors (Lipinski definition) is 24. The zero-order valence-corrected chi connectivity index (χ0v) is 49.1. The van der Waals surface area contributed by atoms with Crippen LogP contribution in [0.5, 0.6) is 5.75 Å². The number of rotatable bonds is 30. The van der Waals surface area contributed by atoms with Crippen LogP contribution in [0.2, 0.25) is 0 Å². The smallest absolute Gasteiger partial charge is 0.328 e. The Morgan fingerprint density at radius 1 is 0.770 bits per heavy atom. The number of aromatic nitrogens is 3. The minimum absolute atomic E-state index is 0.000466. The maximum absolute atomic E-state index is 13.6. The topological polar surface area (TPSA) is 417 Å². The first-order valence-corrected chi connectivity index (χ1v) is 27.1. The number of nitrogens with one attached hydrogen (secondary N) is 5. The van der Waals surface area contributed by atoms with Crippen molar-refractivity contribution < 1.29 is 95.7 Å². The monoisotopic (exact) mass is 1220 g/mol. The standard InChI is InChI=1S/C57H72N10O20/c1-57(2,3)56(78)87-40-26-44(86-41(40)28-68)67-27-33(47-48(59)63-31-64-49(47)67)11-9-17-60-43(69)30-83-20-21-84-42(58)29-85-37-12-8-10-32(25-37)50(72)61-18-19-62-51(73)34-22-35(52(74)65-38(54(76)81-6)13-15-45(70)79-4)24-36(23-34)53(75)66-39(55(77)82-7)14-16-46(71)80-5/h8,10,12,22-25,27,31,38-42,44,68H,13-21,26,28-30,58H2,1-7H3,(H,60,69)(H,61,72)(H,62,73)(H,65,74)(H,66,75)(H2,59,63,64)/t38-,39-,40-,41+,42?,44+/m0/s1. The lowest BCUT2D eigenvalue weighted by Crippen LogP contribution is -2.43. The van der Waals surface area contributed by atoms with E-state index >= 15 is 0 Å². The minimum atomic E-state index is -1.35. The van der Waals surface area contributed by atoms with Crippen LogP contribution >= 0.6 is 0 Å². The van der Waals surface area contributed by atoms with Gasteiger partial charge in [0.15, 0.2) is 0 Å². The highest BCUT2D eigenvalue weighted by Crippen LogP contribution is 2.36. The fourth-order valence-electron chi connectivity index (χ4n) is 8.18. The number of nitrogens with two attached hydrogens (primary N) is 2. The number of nitrogen functional groups attached to an aromatic ring is 1. The Hall–Kier alpha value is -9.28. The highest BCUT2D eigenvalue weighted by Gasteiger charge is 2.41. The van der Waals surface area contributed by atoms with Crippen molar-refractivity contribution in [3.8, 4) is 17.6 Å². The van der Waals surface area contributed by atoms with Gasteiger partial charge in [0.2, 0.25) is 5.91 Å². The third-order valence-electron chi connectivity index (χ3n) is 12.8. The Morgan fingerprint density at radius 2 is 1.36 bits per heavy atom. The average molecular weight is 1220 g/mol. The van der Waals surface area contributed by atoms with Crippen LogP contribution in [0, 0.1) is 17.3 Å². The predicted molar refractivity (Wildman–Crippen MR) is 304 cm³/mol. The van der Waals surface area contributed by atoms with Crippen LogP contribution in [-0.4, -0.2) is 191 Å². The molecule has 6 atom stereocenters. The van der Waals surface area contributed by atoms with E-state index in [1.165, 1.54) is 18.5 Å². The quantitative estimate of drug-likeness (QED) is 0.0109. The van der Waals surface area contributed by atoms with E-state index in [1.807, 2.05) is 0 Å². The van der Waals surface area contributed by atoms with Crippen molar-refractivity contribution in [2.75, 3.05) is 86.8 Å². The summed E-state index contributed by atoms with van der Waals surface area (Å²) >= 11 is 0. The molecule has 1 aliphatic rings. The highest BCUT2D eigenvalue weighted by atomic mass is 16.6. The summed E-state index contributed by atoms with van der Waals surface area (Å²) in [6.07, 6.45) is -0.883. The average Bonchev–Trinajstić information content (AvgIpc) is 1.84. The van der Waals surface area contributed by atoms with Crippen LogP contribution in [0.4, 0.5) is 5.82 Å². The van der Waals surface area contributed by atoms with Gasteiger partial charge in [-0.2, -0.15) is 0 Å². The van der Waals surface area contributed by atoms with Crippen LogP contribution in [0.15, 0.2) is 55.0 Å². The largest absolute Gasteiger partial charge is 0.489 e. The Kier molecular flexibility index (Phi) is 26.3. The van der Waals surface area contributed by atoms with Gasteiger partial charge in [-0.1, -0.05) is 17.9 Å². The van der Waals surface area contributed by atoms with Gasteiger partial charge in [0.05, 0.1) is 71.2 Å². The zero-order valence-electron chi connectivity index (χ0n) is 49.1. The summed E-state index contributed by atoms with van der Waals surface area (Å²) < 4.78 is 48.9. The second-order valence-corrected chi connectivity index (χ2v) is 20.2.